The third-order valence-electron chi connectivity index (χ3n) is 4.78. The first kappa shape index (κ1) is 19.2. The molecule has 8 nitrogen and oxygen atoms in total. The maximum Gasteiger partial charge on any atom is 0.291 e. The van der Waals surface area contributed by atoms with Crippen LogP contribution in [0.1, 0.15) is 27.6 Å². The average Bonchev–Trinajstić information content (AvgIpc) is 3.20. The van der Waals surface area contributed by atoms with E-state index in [9.17, 15) is 9.59 Å². The first-order valence-corrected chi connectivity index (χ1v) is 9.32. The number of amides is 2. The third-order valence-corrected chi connectivity index (χ3v) is 4.78. The molecule has 8 heteroatoms. The first-order chi connectivity index (χ1) is 14.5. The predicted octanol–water partition coefficient (Wildman–Crippen LogP) is 1.53. The van der Waals surface area contributed by atoms with Gasteiger partial charge in [0.15, 0.2) is 0 Å². The molecule has 1 atom stereocenters. The van der Waals surface area contributed by atoms with Crippen molar-refractivity contribution >= 4 is 17.5 Å². The largest absolute Gasteiger partial charge is 0.489 e. The van der Waals surface area contributed by atoms with Gasteiger partial charge in [0, 0.05) is 19.0 Å². The highest BCUT2D eigenvalue weighted by molar-refractivity contribution is 6.02. The van der Waals surface area contributed by atoms with Crippen LogP contribution in [0, 0.1) is 12.3 Å². The summed E-state index contributed by atoms with van der Waals surface area (Å²) in [6.07, 6.45) is 5.96. The summed E-state index contributed by atoms with van der Waals surface area (Å²) in [4.78, 5) is 31.1. The molecule has 1 aromatic heterocycles. The van der Waals surface area contributed by atoms with Gasteiger partial charge in [0.05, 0.1) is 5.69 Å². The lowest BCUT2D eigenvalue weighted by molar-refractivity contribution is -0.120. The Kier molecular flexibility index (Phi) is 5.18. The molecule has 0 saturated heterocycles. The van der Waals surface area contributed by atoms with E-state index in [4.69, 9.17) is 11.2 Å². The molecule has 2 N–H and O–H groups in total. The summed E-state index contributed by atoms with van der Waals surface area (Å²) in [5.74, 6) is 2.69. The number of H-pyrrole nitrogens is 1. The van der Waals surface area contributed by atoms with Gasteiger partial charge >= 0.3 is 0 Å². The van der Waals surface area contributed by atoms with Gasteiger partial charge < -0.3 is 15.0 Å². The van der Waals surface area contributed by atoms with Crippen molar-refractivity contribution in [1.29, 1.82) is 0 Å². The molecule has 0 spiro atoms. The SMILES string of the molecule is C#Cc1ccc2c(c1)N(C)C(=O)[C@H](NC(=O)c1n[nH]c(Cc3ccccc3)n1)CO2. The molecule has 2 heterocycles. The van der Waals surface area contributed by atoms with Crippen molar-refractivity contribution in [2.75, 3.05) is 18.6 Å². The van der Waals surface area contributed by atoms with Crippen LogP contribution in [0.25, 0.3) is 0 Å². The Balaban J connectivity index is 1.46. The van der Waals surface area contributed by atoms with Crippen LogP contribution in [-0.2, 0) is 11.2 Å². The minimum Gasteiger partial charge on any atom is -0.489 e. The van der Waals surface area contributed by atoms with Crippen LogP contribution < -0.4 is 15.0 Å². The highest BCUT2D eigenvalue weighted by atomic mass is 16.5. The summed E-state index contributed by atoms with van der Waals surface area (Å²) in [6, 6.07) is 14.0. The van der Waals surface area contributed by atoms with Gasteiger partial charge in [-0.05, 0) is 23.8 Å². The molecule has 30 heavy (non-hydrogen) atoms. The van der Waals surface area contributed by atoms with Crippen molar-refractivity contribution < 1.29 is 14.3 Å². The normalized spacial score (nSPS) is 15.5. The molecular weight excluding hydrogens is 382 g/mol. The standard InChI is InChI=1S/C22H19N5O3/c1-3-14-9-10-18-17(11-14)27(2)22(29)16(13-30-18)23-21(28)20-24-19(25-26-20)12-15-7-5-4-6-8-15/h1,4-11,16H,12-13H2,2H3,(H,23,28)(H,24,25,26)/t16-/m1/s1. The van der Waals surface area contributed by atoms with Crippen LogP contribution in [0.3, 0.4) is 0 Å². The Morgan fingerprint density at radius 2 is 2.13 bits per heavy atom. The molecule has 0 radical (unpaired) electrons. The molecule has 0 unspecified atom stereocenters. The zero-order valence-corrected chi connectivity index (χ0v) is 16.3. The van der Waals surface area contributed by atoms with Gasteiger partial charge in [-0.1, -0.05) is 36.3 Å². The zero-order chi connectivity index (χ0) is 21.1. The number of benzene rings is 2. The minimum atomic E-state index is -0.889. The number of carbonyl (C=O) groups excluding carboxylic acids is 2. The fourth-order valence-electron chi connectivity index (χ4n) is 3.18. The lowest BCUT2D eigenvalue weighted by atomic mass is 10.1. The van der Waals surface area contributed by atoms with Crippen molar-refractivity contribution in [3.63, 3.8) is 0 Å². The van der Waals surface area contributed by atoms with E-state index in [1.807, 2.05) is 30.3 Å². The van der Waals surface area contributed by atoms with E-state index in [2.05, 4.69) is 26.4 Å². The fraction of sp³-hybridized carbons (Fsp3) is 0.182. The number of carbonyl (C=O) groups is 2. The number of terminal acetylenes is 1. The Morgan fingerprint density at radius 3 is 2.90 bits per heavy atom. The molecule has 4 rings (SSSR count). The van der Waals surface area contributed by atoms with Crippen molar-refractivity contribution in [3.8, 4) is 18.1 Å². The van der Waals surface area contributed by atoms with E-state index in [-0.39, 0.29) is 18.3 Å². The topological polar surface area (TPSA) is 100 Å². The maximum absolute atomic E-state index is 12.9. The monoisotopic (exact) mass is 401 g/mol. The number of rotatable bonds is 4. The molecule has 1 aliphatic rings. The first-order valence-electron chi connectivity index (χ1n) is 9.32. The number of hydrogen-bond donors (Lipinski definition) is 2. The number of aromatic amines is 1. The number of ether oxygens (including phenoxy) is 1. The van der Waals surface area contributed by atoms with Gasteiger partial charge in [-0.25, -0.2) is 4.98 Å². The van der Waals surface area contributed by atoms with Gasteiger partial charge in [-0.15, -0.1) is 11.5 Å². The van der Waals surface area contributed by atoms with Crippen LogP contribution in [0.5, 0.6) is 5.75 Å². The van der Waals surface area contributed by atoms with Crippen LogP contribution >= 0.6 is 0 Å². The van der Waals surface area contributed by atoms with Gasteiger partial charge in [0.1, 0.15) is 24.2 Å². The maximum atomic E-state index is 12.9. The van der Waals surface area contributed by atoms with Gasteiger partial charge in [-0.3, -0.25) is 14.7 Å². The Bertz CT molecular complexity index is 1130. The second kappa shape index (κ2) is 8.09. The molecule has 2 amide bonds. The molecular formula is C22H19N5O3. The number of likely N-dealkylation sites (N-methyl/N-ethyl adjacent to an activating group) is 1. The number of hydrogen-bond acceptors (Lipinski definition) is 5. The summed E-state index contributed by atoms with van der Waals surface area (Å²) in [5, 5.41) is 9.39. The van der Waals surface area contributed by atoms with Gasteiger partial charge in [-0.2, -0.15) is 0 Å². The van der Waals surface area contributed by atoms with E-state index in [0.717, 1.165) is 5.56 Å². The van der Waals surface area contributed by atoms with E-state index in [1.165, 1.54) is 4.90 Å². The smallest absolute Gasteiger partial charge is 0.291 e. The number of nitrogens with one attached hydrogen (secondary N) is 2. The fourth-order valence-corrected chi connectivity index (χ4v) is 3.18. The third kappa shape index (κ3) is 3.86. The van der Waals surface area contributed by atoms with Crippen LogP contribution in [0.15, 0.2) is 48.5 Å². The summed E-state index contributed by atoms with van der Waals surface area (Å²) in [6.45, 7) is -0.0153. The summed E-state index contributed by atoms with van der Waals surface area (Å²) in [7, 11) is 1.61. The van der Waals surface area contributed by atoms with Crippen molar-refractivity contribution in [3.05, 3.63) is 71.3 Å². The Morgan fingerprint density at radius 1 is 1.33 bits per heavy atom. The number of aromatic nitrogens is 3. The van der Waals surface area contributed by atoms with Crippen molar-refractivity contribution in [1.82, 2.24) is 20.5 Å². The van der Waals surface area contributed by atoms with Gasteiger partial charge in [0.2, 0.25) is 5.82 Å². The highest BCUT2D eigenvalue weighted by Gasteiger charge is 2.31. The molecule has 150 valence electrons. The van der Waals surface area contributed by atoms with Crippen LogP contribution in [-0.4, -0.2) is 46.7 Å². The van der Waals surface area contributed by atoms with Crippen molar-refractivity contribution in [2.45, 2.75) is 12.5 Å². The molecule has 0 saturated carbocycles. The molecule has 3 aromatic rings. The lowest BCUT2D eigenvalue weighted by Gasteiger charge is -2.20. The highest BCUT2D eigenvalue weighted by Crippen LogP contribution is 2.31. The van der Waals surface area contributed by atoms with E-state index >= 15 is 0 Å². The van der Waals surface area contributed by atoms with Gasteiger partial charge in [0.25, 0.3) is 11.8 Å². The molecule has 0 aliphatic carbocycles. The van der Waals surface area contributed by atoms with E-state index < -0.39 is 11.9 Å². The number of nitrogens with zero attached hydrogens (tertiary/aromatic N) is 3. The second-order valence-electron chi connectivity index (χ2n) is 6.83. The van der Waals surface area contributed by atoms with Crippen molar-refractivity contribution in [2.24, 2.45) is 0 Å². The molecule has 0 fully saturated rings. The quantitative estimate of drug-likeness (QED) is 0.646. The van der Waals surface area contributed by atoms with E-state index in [1.54, 1.807) is 25.2 Å². The molecule has 1 aliphatic heterocycles. The second-order valence-corrected chi connectivity index (χ2v) is 6.83. The summed E-state index contributed by atoms with van der Waals surface area (Å²) < 4.78 is 5.73. The molecule has 2 aromatic carbocycles. The van der Waals surface area contributed by atoms with E-state index in [0.29, 0.717) is 29.2 Å². The van der Waals surface area contributed by atoms with Crippen LogP contribution in [0.4, 0.5) is 5.69 Å². The van der Waals surface area contributed by atoms with Crippen LogP contribution in [0.2, 0.25) is 0 Å². The Labute approximate surface area is 173 Å². The average molecular weight is 401 g/mol. The lowest BCUT2D eigenvalue weighted by Crippen LogP contribution is -2.49. The summed E-state index contributed by atoms with van der Waals surface area (Å²) >= 11 is 0. The summed E-state index contributed by atoms with van der Waals surface area (Å²) in [5.41, 5.74) is 2.22. The molecule has 0 bridgehead atoms. The minimum absolute atomic E-state index is 0.0153. The zero-order valence-electron chi connectivity index (χ0n) is 16.3. The Hall–Kier alpha value is -4.12. The number of anilines is 1. The number of fused-ring (bicyclic) bond motifs is 1. The predicted molar refractivity (Wildman–Crippen MR) is 110 cm³/mol.